The highest BCUT2D eigenvalue weighted by Crippen LogP contribution is 2.20. The Bertz CT molecular complexity index is 418. The van der Waals surface area contributed by atoms with Crippen molar-refractivity contribution < 1.29 is 14.6 Å². The number of aromatic nitrogens is 1. The Hall–Kier alpha value is -0.633. The molecule has 0 radical (unpaired) electrons. The molecule has 0 aliphatic rings. The van der Waals surface area contributed by atoms with Crippen molar-refractivity contribution in [1.29, 1.82) is 0 Å². The third kappa shape index (κ3) is 5.03. The second-order valence-corrected chi connectivity index (χ2v) is 11.8. The van der Waals surface area contributed by atoms with Crippen LogP contribution < -0.4 is 4.74 Å². The summed E-state index contributed by atoms with van der Waals surface area (Å²) in [6.45, 7) is 7.48. The molecule has 0 bridgehead atoms. The van der Waals surface area contributed by atoms with Crippen molar-refractivity contribution in [3.05, 3.63) is 21.4 Å². The molecule has 0 aromatic carbocycles. The maximum absolute atomic E-state index is 10.7. The van der Waals surface area contributed by atoms with Gasteiger partial charge in [0.15, 0.2) is 0 Å². The van der Waals surface area contributed by atoms with E-state index in [0.717, 1.165) is 9.61 Å². The molecule has 94 valence electrons. The zero-order valence-electron chi connectivity index (χ0n) is 10.2. The first-order valence-electron chi connectivity index (χ1n) is 5.31. The third-order valence-corrected chi connectivity index (χ3v) is 4.62. The first-order valence-corrected chi connectivity index (χ1v) is 10.1. The monoisotopic (exact) mass is 365 g/mol. The Kier molecular flexibility index (Phi) is 4.93. The van der Waals surface area contributed by atoms with E-state index in [1.807, 2.05) is 22.6 Å². The van der Waals surface area contributed by atoms with E-state index in [0.29, 0.717) is 12.5 Å². The molecule has 0 saturated carbocycles. The van der Waals surface area contributed by atoms with Gasteiger partial charge in [-0.2, -0.15) is 0 Å². The number of ether oxygens (including phenoxy) is 1. The molecule has 0 atom stereocenters. The average molecular weight is 365 g/mol. The molecule has 4 nitrogen and oxygen atoms in total. The van der Waals surface area contributed by atoms with Crippen LogP contribution in [0.3, 0.4) is 0 Å². The number of hydrogen-bond donors (Lipinski definition) is 1. The number of carboxylic acid groups (broad SMARTS) is 1. The minimum absolute atomic E-state index is 0.187. The number of halogens is 1. The predicted molar refractivity (Wildman–Crippen MR) is 77.6 cm³/mol. The normalized spacial score (nSPS) is 11.3. The van der Waals surface area contributed by atoms with E-state index in [9.17, 15) is 4.79 Å². The van der Waals surface area contributed by atoms with Gasteiger partial charge in [0.05, 0.1) is 15.7 Å². The predicted octanol–water partition coefficient (Wildman–Crippen LogP) is 3.10. The van der Waals surface area contributed by atoms with Crippen LogP contribution in [0.4, 0.5) is 0 Å². The molecule has 1 heterocycles. The minimum atomic E-state index is -1.11. The van der Waals surface area contributed by atoms with Crippen molar-refractivity contribution in [2.45, 2.75) is 25.7 Å². The highest BCUT2D eigenvalue weighted by molar-refractivity contribution is 14.1. The lowest BCUT2D eigenvalue weighted by atomic mass is 10.3. The lowest BCUT2D eigenvalue weighted by Crippen LogP contribution is -2.22. The van der Waals surface area contributed by atoms with Crippen molar-refractivity contribution in [2.24, 2.45) is 0 Å². The number of rotatable bonds is 5. The van der Waals surface area contributed by atoms with Gasteiger partial charge in [0.25, 0.3) is 0 Å². The fourth-order valence-electron chi connectivity index (χ4n) is 1.10. The quantitative estimate of drug-likeness (QED) is 0.644. The van der Waals surface area contributed by atoms with Gasteiger partial charge in [-0.1, -0.05) is 19.6 Å². The SMILES string of the molecule is C[Si](C)(C)CCOc1ncc(C(=O)O)cc1I. The van der Waals surface area contributed by atoms with Gasteiger partial charge in [0.1, 0.15) is 0 Å². The summed E-state index contributed by atoms with van der Waals surface area (Å²) in [5.74, 6) is -0.446. The minimum Gasteiger partial charge on any atom is -0.478 e. The van der Waals surface area contributed by atoms with Crippen LogP contribution >= 0.6 is 22.6 Å². The highest BCUT2D eigenvalue weighted by atomic mass is 127. The summed E-state index contributed by atoms with van der Waals surface area (Å²) in [6.07, 6.45) is 1.33. The maximum Gasteiger partial charge on any atom is 0.337 e. The Labute approximate surface area is 116 Å². The van der Waals surface area contributed by atoms with Crippen molar-refractivity contribution in [2.75, 3.05) is 6.61 Å². The summed E-state index contributed by atoms with van der Waals surface area (Å²) in [5.41, 5.74) is 0.187. The summed E-state index contributed by atoms with van der Waals surface area (Å²) in [6, 6.07) is 2.63. The third-order valence-electron chi connectivity index (χ3n) is 2.15. The number of nitrogens with zero attached hydrogens (tertiary/aromatic N) is 1. The van der Waals surface area contributed by atoms with Crippen molar-refractivity contribution in [1.82, 2.24) is 4.98 Å². The number of carboxylic acids is 1. The van der Waals surface area contributed by atoms with Crippen molar-refractivity contribution in [3.8, 4) is 5.88 Å². The number of aromatic carboxylic acids is 1. The molecule has 0 fully saturated rings. The molecular weight excluding hydrogens is 349 g/mol. The number of carbonyl (C=O) groups is 1. The van der Waals surface area contributed by atoms with Gasteiger partial charge in [-0.3, -0.25) is 0 Å². The molecule has 1 aromatic rings. The van der Waals surface area contributed by atoms with Crippen LogP contribution in [0.15, 0.2) is 12.3 Å². The Morgan fingerprint density at radius 2 is 2.18 bits per heavy atom. The first kappa shape index (κ1) is 14.4. The smallest absolute Gasteiger partial charge is 0.337 e. The van der Waals surface area contributed by atoms with Crippen LogP contribution in [0.1, 0.15) is 10.4 Å². The van der Waals surface area contributed by atoms with Crippen molar-refractivity contribution in [3.63, 3.8) is 0 Å². The van der Waals surface area contributed by atoms with E-state index in [1.165, 1.54) is 6.20 Å². The van der Waals surface area contributed by atoms with E-state index >= 15 is 0 Å². The van der Waals surface area contributed by atoms with Crippen LogP contribution in [0.5, 0.6) is 5.88 Å². The summed E-state index contributed by atoms with van der Waals surface area (Å²) in [4.78, 5) is 14.8. The fraction of sp³-hybridized carbons (Fsp3) is 0.455. The molecule has 6 heteroatoms. The van der Waals surface area contributed by atoms with E-state index in [1.54, 1.807) is 6.07 Å². The van der Waals surface area contributed by atoms with Gasteiger partial charge in [-0.05, 0) is 34.7 Å². The maximum atomic E-state index is 10.7. The van der Waals surface area contributed by atoms with Gasteiger partial charge in [0.2, 0.25) is 5.88 Å². The summed E-state index contributed by atoms with van der Waals surface area (Å²) < 4.78 is 6.31. The molecule has 0 aliphatic heterocycles. The highest BCUT2D eigenvalue weighted by Gasteiger charge is 2.14. The van der Waals surface area contributed by atoms with E-state index in [4.69, 9.17) is 9.84 Å². The molecule has 0 aliphatic carbocycles. The fourth-order valence-corrected chi connectivity index (χ4v) is 2.45. The molecule has 0 spiro atoms. The molecule has 1 aromatic heterocycles. The first-order chi connectivity index (χ1) is 7.79. The molecule has 0 saturated heterocycles. The van der Waals surface area contributed by atoms with Gasteiger partial charge >= 0.3 is 5.97 Å². The van der Waals surface area contributed by atoms with Gasteiger partial charge < -0.3 is 9.84 Å². The van der Waals surface area contributed by atoms with Crippen LogP contribution in [0.2, 0.25) is 25.7 Å². The molecular formula is C11H16INO3Si. The van der Waals surface area contributed by atoms with E-state index < -0.39 is 14.0 Å². The zero-order valence-corrected chi connectivity index (χ0v) is 13.3. The van der Waals surface area contributed by atoms with Gasteiger partial charge in [-0.25, -0.2) is 9.78 Å². The molecule has 0 unspecified atom stereocenters. The zero-order chi connectivity index (χ0) is 13.1. The Morgan fingerprint density at radius 3 is 2.65 bits per heavy atom. The average Bonchev–Trinajstić information content (AvgIpc) is 2.18. The molecule has 17 heavy (non-hydrogen) atoms. The van der Waals surface area contributed by atoms with Crippen LogP contribution in [-0.2, 0) is 0 Å². The van der Waals surface area contributed by atoms with Crippen LogP contribution in [0, 0.1) is 3.57 Å². The van der Waals surface area contributed by atoms with Crippen molar-refractivity contribution >= 4 is 36.6 Å². The largest absolute Gasteiger partial charge is 0.478 e. The summed E-state index contributed by atoms with van der Waals surface area (Å²) in [5, 5.41) is 8.80. The topological polar surface area (TPSA) is 59.4 Å². The van der Waals surface area contributed by atoms with Gasteiger partial charge in [0, 0.05) is 14.3 Å². The second-order valence-electron chi connectivity index (χ2n) is 4.98. The lowest BCUT2D eigenvalue weighted by molar-refractivity contribution is 0.0696. The summed E-state index contributed by atoms with van der Waals surface area (Å²) >= 11 is 2.04. The van der Waals surface area contributed by atoms with E-state index in [2.05, 4.69) is 24.6 Å². The number of pyridine rings is 1. The second kappa shape index (κ2) is 5.81. The van der Waals surface area contributed by atoms with Gasteiger partial charge in [-0.15, -0.1) is 0 Å². The van der Waals surface area contributed by atoms with Crippen LogP contribution in [-0.4, -0.2) is 30.7 Å². The Morgan fingerprint density at radius 1 is 1.53 bits per heavy atom. The molecule has 0 amide bonds. The summed E-state index contributed by atoms with van der Waals surface area (Å²) in [7, 11) is -1.11. The standard InChI is InChI=1S/C11H16INO3Si/c1-17(2,3)5-4-16-10-9(12)6-8(7-13-10)11(14)15/h6-7H,4-5H2,1-3H3,(H,14,15). The Balaban J connectivity index is 2.64. The molecule has 1 N–H and O–H groups in total. The van der Waals surface area contributed by atoms with E-state index in [-0.39, 0.29) is 5.56 Å². The number of hydrogen-bond acceptors (Lipinski definition) is 3. The molecule has 1 rings (SSSR count). The van der Waals surface area contributed by atoms with Crippen LogP contribution in [0.25, 0.3) is 0 Å². The lowest BCUT2D eigenvalue weighted by Gasteiger charge is -2.16.